The van der Waals surface area contributed by atoms with Crippen LogP contribution in [0.1, 0.15) is 29.2 Å². The summed E-state index contributed by atoms with van der Waals surface area (Å²) < 4.78 is 36.3. The van der Waals surface area contributed by atoms with E-state index in [0.717, 1.165) is 33.6 Å². The van der Waals surface area contributed by atoms with E-state index >= 15 is 0 Å². The van der Waals surface area contributed by atoms with Crippen LogP contribution in [0.3, 0.4) is 0 Å². The SMILES string of the molecule is CCOC(=O)COC1(c2ccc(OCc3cccc(-c4cccc(F)c4C)c3)cc2C)COC1. The number of esters is 1. The lowest BCUT2D eigenvalue weighted by molar-refractivity contribution is -0.221. The molecule has 0 amide bonds. The molecule has 0 aliphatic carbocycles. The van der Waals surface area contributed by atoms with Crippen LogP contribution in [0.5, 0.6) is 5.75 Å². The Balaban J connectivity index is 1.44. The van der Waals surface area contributed by atoms with Crippen LogP contribution in [0.25, 0.3) is 11.1 Å². The van der Waals surface area contributed by atoms with E-state index in [1.54, 1.807) is 19.9 Å². The second-order valence-corrected chi connectivity index (χ2v) is 8.46. The molecule has 1 fully saturated rings. The van der Waals surface area contributed by atoms with Gasteiger partial charge in [-0.05, 0) is 78.4 Å². The normalized spacial score (nSPS) is 14.4. The fourth-order valence-corrected chi connectivity index (χ4v) is 4.16. The number of hydrogen-bond donors (Lipinski definition) is 0. The van der Waals surface area contributed by atoms with Gasteiger partial charge in [0.05, 0.1) is 19.8 Å². The van der Waals surface area contributed by atoms with E-state index < -0.39 is 5.60 Å². The van der Waals surface area contributed by atoms with Gasteiger partial charge in [0, 0.05) is 0 Å². The minimum Gasteiger partial charge on any atom is -0.489 e. The van der Waals surface area contributed by atoms with Crippen LogP contribution in [0, 0.1) is 19.7 Å². The molecule has 0 unspecified atom stereocenters. The molecule has 1 aliphatic rings. The molecule has 6 heteroatoms. The maximum absolute atomic E-state index is 14.0. The second kappa shape index (κ2) is 10.4. The Morgan fingerprint density at radius 2 is 1.85 bits per heavy atom. The monoisotopic (exact) mass is 464 g/mol. The largest absolute Gasteiger partial charge is 0.489 e. The number of carbonyl (C=O) groups is 1. The lowest BCUT2D eigenvalue weighted by atomic mass is 9.88. The number of carbonyl (C=O) groups excluding carboxylic acids is 1. The van der Waals surface area contributed by atoms with E-state index in [4.69, 9.17) is 18.9 Å². The van der Waals surface area contributed by atoms with Gasteiger partial charge >= 0.3 is 5.97 Å². The highest BCUT2D eigenvalue weighted by atomic mass is 19.1. The maximum Gasteiger partial charge on any atom is 0.332 e. The first-order chi connectivity index (χ1) is 16.4. The molecule has 1 aliphatic heterocycles. The molecular formula is C28H29FO5. The van der Waals surface area contributed by atoms with Crippen LogP contribution < -0.4 is 4.74 Å². The van der Waals surface area contributed by atoms with Crippen LogP contribution in [0.4, 0.5) is 4.39 Å². The number of aryl methyl sites for hydroxylation is 1. The van der Waals surface area contributed by atoms with Crippen molar-refractivity contribution in [3.63, 3.8) is 0 Å². The number of halogens is 1. The summed E-state index contributed by atoms with van der Waals surface area (Å²) in [6.07, 6.45) is 0. The van der Waals surface area contributed by atoms with E-state index in [-0.39, 0.29) is 18.4 Å². The average Bonchev–Trinajstić information content (AvgIpc) is 2.80. The summed E-state index contributed by atoms with van der Waals surface area (Å²) in [5.74, 6) is 0.131. The van der Waals surface area contributed by atoms with Gasteiger partial charge in [-0.2, -0.15) is 0 Å². The van der Waals surface area contributed by atoms with Gasteiger partial charge in [0.25, 0.3) is 0 Å². The number of hydrogen-bond acceptors (Lipinski definition) is 5. The Labute approximate surface area is 199 Å². The molecular weight excluding hydrogens is 435 g/mol. The smallest absolute Gasteiger partial charge is 0.332 e. The Bertz CT molecular complexity index is 1170. The van der Waals surface area contributed by atoms with Crippen molar-refractivity contribution in [2.24, 2.45) is 0 Å². The van der Waals surface area contributed by atoms with Crippen molar-refractivity contribution in [3.05, 3.63) is 88.7 Å². The van der Waals surface area contributed by atoms with E-state index in [0.29, 0.717) is 32.0 Å². The molecule has 4 rings (SSSR count). The first-order valence-electron chi connectivity index (χ1n) is 11.4. The molecule has 0 bridgehead atoms. The first-order valence-corrected chi connectivity index (χ1v) is 11.4. The summed E-state index contributed by atoms with van der Waals surface area (Å²) >= 11 is 0. The predicted molar refractivity (Wildman–Crippen MR) is 127 cm³/mol. The lowest BCUT2D eigenvalue weighted by Crippen LogP contribution is -2.50. The standard InChI is InChI=1S/C28H29FO5/c1-4-32-27(30)16-34-28(17-31-18-28)25-12-11-23(13-19(25)2)33-15-21-7-5-8-22(14-21)24-9-6-10-26(29)20(24)3/h5-14H,4,15-18H2,1-3H3. The van der Waals surface area contributed by atoms with Gasteiger partial charge in [0.15, 0.2) is 0 Å². The molecule has 0 atom stereocenters. The topological polar surface area (TPSA) is 54.0 Å². The Hall–Kier alpha value is -3.22. The molecule has 3 aromatic rings. The molecule has 1 saturated heterocycles. The molecule has 0 radical (unpaired) electrons. The second-order valence-electron chi connectivity index (χ2n) is 8.46. The van der Waals surface area contributed by atoms with Crippen molar-refractivity contribution in [1.82, 2.24) is 0 Å². The van der Waals surface area contributed by atoms with Gasteiger partial charge in [-0.15, -0.1) is 0 Å². The maximum atomic E-state index is 14.0. The third-order valence-electron chi connectivity index (χ3n) is 6.04. The van der Waals surface area contributed by atoms with Gasteiger partial charge in [0.2, 0.25) is 0 Å². The Morgan fingerprint density at radius 1 is 1.06 bits per heavy atom. The minimum absolute atomic E-state index is 0.115. The molecule has 3 aromatic carbocycles. The summed E-state index contributed by atoms with van der Waals surface area (Å²) in [6.45, 7) is 6.91. The van der Waals surface area contributed by atoms with Crippen LogP contribution in [0.2, 0.25) is 0 Å². The predicted octanol–water partition coefficient (Wildman–Crippen LogP) is 5.49. The van der Waals surface area contributed by atoms with Crippen LogP contribution >= 0.6 is 0 Å². The Morgan fingerprint density at radius 3 is 2.56 bits per heavy atom. The number of rotatable bonds is 9. The van der Waals surface area contributed by atoms with E-state index in [1.165, 1.54) is 6.07 Å². The average molecular weight is 465 g/mol. The molecule has 5 nitrogen and oxygen atoms in total. The minimum atomic E-state index is -0.646. The summed E-state index contributed by atoms with van der Waals surface area (Å²) in [7, 11) is 0. The molecule has 0 saturated carbocycles. The molecule has 178 valence electrons. The van der Waals surface area contributed by atoms with Crippen LogP contribution in [-0.2, 0) is 31.2 Å². The third-order valence-corrected chi connectivity index (χ3v) is 6.04. The van der Waals surface area contributed by atoms with Gasteiger partial charge in [0.1, 0.15) is 30.4 Å². The number of benzene rings is 3. The van der Waals surface area contributed by atoms with E-state index in [9.17, 15) is 9.18 Å². The highest BCUT2D eigenvalue weighted by Crippen LogP contribution is 2.37. The molecule has 34 heavy (non-hydrogen) atoms. The molecule has 0 aromatic heterocycles. The first kappa shape index (κ1) is 23.9. The summed E-state index contributed by atoms with van der Waals surface area (Å²) in [5, 5.41) is 0. The highest BCUT2D eigenvalue weighted by Gasteiger charge is 2.43. The van der Waals surface area contributed by atoms with Crippen molar-refractivity contribution in [3.8, 4) is 16.9 Å². The van der Waals surface area contributed by atoms with E-state index in [2.05, 4.69) is 0 Å². The van der Waals surface area contributed by atoms with Gasteiger partial charge in [-0.1, -0.05) is 36.4 Å². The van der Waals surface area contributed by atoms with Gasteiger partial charge in [-0.25, -0.2) is 9.18 Å². The van der Waals surface area contributed by atoms with Crippen molar-refractivity contribution >= 4 is 5.97 Å². The van der Waals surface area contributed by atoms with Crippen LogP contribution in [-0.4, -0.2) is 32.4 Å². The lowest BCUT2D eigenvalue weighted by Gasteiger charge is -2.42. The third kappa shape index (κ3) is 5.13. The van der Waals surface area contributed by atoms with E-state index in [1.807, 2.05) is 55.5 Å². The zero-order valence-corrected chi connectivity index (χ0v) is 19.7. The summed E-state index contributed by atoms with van der Waals surface area (Å²) in [6, 6.07) is 18.9. The van der Waals surface area contributed by atoms with Crippen LogP contribution in [0.15, 0.2) is 60.7 Å². The summed E-state index contributed by atoms with van der Waals surface area (Å²) in [4.78, 5) is 11.7. The van der Waals surface area contributed by atoms with Crippen molar-refractivity contribution in [2.75, 3.05) is 26.4 Å². The highest BCUT2D eigenvalue weighted by molar-refractivity contribution is 5.70. The zero-order valence-electron chi connectivity index (χ0n) is 19.7. The van der Waals surface area contributed by atoms with Gasteiger partial charge in [-0.3, -0.25) is 0 Å². The van der Waals surface area contributed by atoms with Crippen molar-refractivity contribution < 1.29 is 28.1 Å². The molecule has 0 N–H and O–H groups in total. The van der Waals surface area contributed by atoms with Crippen molar-refractivity contribution in [2.45, 2.75) is 33.0 Å². The zero-order chi connectivity index (χ0) is 24.1. The summed E-state index contributed by atoms with van der Waals surface area (Å²) in [5.41, 5.74) is 4.77. The van der Waals surface area contributed by atoms with Gasteiger partial charge < -0.3 is 18.9 Å². The fourth-order valence-electron chi connectivity index (χ4n) is 4.16. The number of ether oxygens (including phenoxy) is 4. The Kier molecular flexibility index (Phi) is 7.29. The van der Waals surface area contributed by atoms with Crippen molar-refractivity contribution in [1.29, 1.82) is 0 Å². The molecule has 1 heterocycles. The fraction of sp³-hybridized carbons (Fsp3) is 0.321. The molecule has 0 spiro atoms. The quantitative estimate of drug-likeness (QED) is 0.392.